The van der Waals surface area contributed by atoms with Crippen LogP contribution < -0.4 is 5.73 Å². The average Bonchev–Trinajstić information content (AvgIpc) is 2.17. The van der Waals surface area contributed by atoms with Gasteiger partial charge in [-0.25, -0.2) is 0 Å². The van der Waals surface area contributed by atoms with Gasteiger partial charge in [0.25, 0.3) is 0 Å². The van der Waals surface area contributed by atoms with Crippen molar-refractivity contribution in [2.24, 2.45) is 5.73 Å². The second-order valence-corrected chi connectivity index (χ2v) is 5.62. The van der Waals surface area contributed by atoms with Gasteiger partial charge in [-0.1, -0.05) is 11.5 Å². The van der Waals surface area contributed by atoms with Crippen LogP contribution in [0.25, 0.3) is 0 Å². The zero-order valence-electron chi connectivity index (χ0n) is 10.0. The largest absolute Gasteiger partial charge is 0.487 e. The lowest BCUT2D eigenvalue weighted by Crippen LogP contribution is -2.41. The first-order valence-corrected chi connectivity index (χ1v) is 5.61. The van der Waals surface area contributed by atoms with Crippen molar-refractivity contribution >= 4 is 7.12 Å². The van der Waals surface area contributed by atoms with Crippen molar-refractivity contribution in [1.82, 2.24) is 0 Å². The van der Waals surface area contributed by atoms with E-state index in [1.807, 2.05) is 0 Å². The highest BCUT2D eigenvalue weighted by Crippen LogP contribution is 2.38. The molecule has 0 atom stereocenters. The molecule has 0 aromatic rings. The molecule has 1 aliphatic carbocycles. The average molecular weight is 209 g/mol. The SMILES string of the molecule is CC1(C)OB(C=C2CC(N)C2)OC1(C)C. The van der Waals surface area contributed by atoms with Gasteiger partial charge < -0.3 is 15.0 Å². The predicted octanol–water partition coefficient (Wildman–Crippen LogP) is 1.67. The maximum absolute atomic E-state index is 5.87. The highest BCUT2D eigenvalue weighted by molar-refractivity contribution is 6.51. The minimum absolute atomic E-state index is 0.197. The molecule has 1 heterocycles. The summed E-state index contributed by atoms with van der Waals surface area (Å²) in [6, 6.07) is 0.346. The van der Waals surface area contributed by atoms with Gasteiger partial charge in [0, 0.05) is 6.04 Å². The first kappa shape index (κ1) is 11.2. The van der Waals surface area contributed by atoms with E-state index in [0.717, 1.165) is 12.8 Å². The summed E-state index contributed by atoms with van der Waals surface area (Å²) in [5.41, 5.74) is 6.62. The third-order valence-electron chi connectivity index (χ3n) is 3.69. The van der Waals surface area contributed by atoms with Crippen molar-refractivity contribution in [3.05, 3.63) is 11.5 Å². The van der Waals surface area contributed by atoms with Gasteiger partial charge in [-0.05, 0) is 40.5 Å². The lowest BCUT2D eigenvalue weighted by atomic mass is 9.77. The number of rotatable bonds is 1. The van der Waals surface area contributed by atoms with E-state index in [1.54, 1.807) is 0 Å². The minimum Gasteiger partial charge on any atom is -0.400 e. The first-order chi connectivity index (χ1) is 6.80. The molecule has 3 nitrogen and oxygen atoms in total. The summed E-state index contributed by atoms with van der Waals surface area (Å²) in [6.45, 7) is 8.27. The minimum atomic E-state index is -0.236. The summed E-state index contributed by atoms with van der Waals surface area (Å²) in [4.78, 5) is 0. The zero-order valence-corrected chi connectivity index (χ0v) is 10.0. The molecular weight excluding hydrogens is 189 g/mol. The molecule has 2 rings (SSSR count). The van der Waals surface area contributed by atoms with E-state index in [2.05, 4.69) is 33.7 Å². The van der Waals surface area contributed by atoms with Gasteiger partial charge in [0.05, 0.1) is 11.2 Å². The van der Waals surface area contributed by atoms with Crippen LogP contribution in [0.4, 0.5) is 0 Å². The quantitative estimate of drug-likeness (QED) is 0.668. The van der Waals surface area contributed by atoms with Crippen LogP contribution >= 0.6 is 0 Å². The van der Waals surface area contributed by atoms with Crippen LogP contribution in [-0.4, -0.2) is 24.4 Å². The number of hydrogen-bond donors (Lipinski definition) is 1. The van der Waals surface area contributed by atoms with Crippen LogP contribution in [0.3, 0.4) is 0 Å². The Balaban J connectivity index is 2.01. The molecule has 84 valence electrons. The molecule has 0 aromatic heterocycles. The maximum Gasteiger partial charge on any atom is 0.487 e. The van der Waals surface area contributed by atoms with Crippen molar-refractivity contribution in [3.8, 4) is 0 Å². The fourth-order valence-electron chi connectivity index (χ4n) is 1.90. The molecule has 0 aromatic carbocycles. The standard InChI is InChI=1S/C11H20BNO2/c1-10(2)11(3,4)15-12(14-10)7-8-5-9(13)6-8/h7,9H,5-6,13H2,1-4H3. The molecule has 2 fully saturated rings. The third-order valence-corrected chi connectivity index (χ3v) is 3.69. The van der Waals surface area contributed by atoms with Gasteiger partial charge in [-0.3, -0.25) is 0 Å². The van der Waals surface area contributed by atoms with Gasteiger partial charge >= 0.3 is 7.12 Å². The van der Waals surface area contributed by atoms with Crippen molar-refractivity contribution in [2.75, 3.05) is 0 Å². The first-order valence-electron chi connectivity index (χ1n) is 5.61. The second-order valence-electron chi connectivity index (χ2n) is 5.62. The lowest BCUT2D eigenvalue weighted by Gasteiger charge is -2.32. The molecule has 1 saturated carbocycles. The summed E-state index contributed by atoms with van der Waals surface area (Å²) in [6.07, 6.45) is 1.98. The van der Waals surface area contributed by atoms with Crippen LogP contribution in [0, 0.1) is 0 Å². The Hall–Kier alpha value is -0.315. The van der Waals surface area contributed by atoms with Crippen LogP contribution in [-0.2, 0) is 9.31 Å². The van der Waals surface area contributed by atoms with E-state index in [0.29, 0.717) is 6.04 Å². The summed E-state index contributed by atoms with van der Waals surface area (Å²) in [5, 5.41) is 0. The molecule has 0 spiro atoms. The highest BCUT2D eigenvalue weighted by atomic mass is 16.7. The van der Waals surface area contributed by atoms with E-state index >= 15 is 0 Å². The van der Waals surface area contributed by atoms with Gasteiger partial charge in [0.2, 0.25) is 0 Å². The normalized spacial score (nSPS) is 32.7. The molecule has 15 heavy (non-hydrogen) atoms. The zero-order chi connectivity index (χ0) is 11.3. The number of hydrogen-bond acceptors (Lipinski definition) is 3. The van der Waals surface area contributed by atoms with Crippen molar-refractivity contribution < 1.29 is 9.31 Å². The summed E-state index contributed by atoms with van der Waals surface area (Å²) in [7, 11) is -0.197. The number of nitrogens with two attached hydrogens (primary N) is 1. The Morgan fingerprint density at radius 2 is 1.67 bits per heavy atom. The fraction of sp³-hybridized carbons (Fsp3) is 0.818. The molecule has 2 N–H and O–H groups in total. The van der Waals surface area contributed by atoms with Gasteiger partial charge in [-0.15, -0.1) is 0 Å². The van der Waals surface area contributed by atoms with E-state index in [4.69, 9.17) is 15.0 Å². The Kier molecular flexibility index (Phi) is 2.49. The molecule has 0 bridgehead atoms. The summed E-state index contributed by atoms with van der Waals surface area (Å²) in [5.74, 6) is 2.08. The molecule has 4 heteroatoms. The maximum atomic E-state index is 5.87. The molecule has 0 amide bonds. The van der Waals surface area contributed by atoms with Crippen LogP contribution in [0.2, 0.25) is 0 Å². The van der Waals surface area contributed by atoms with Crippen LogP contribution in [0.15, 0.2) is 11.5 Å². The van der Waals surface area contributed by atoms with Crippen LogP contribution in [0.5, 0.6) is 0 Å². The topological polar surface area (TPSA) is 44.5 Å². The van der Waals surface area contributed by atoms with E-state index < -0.39 is 0 Å². The lowest BCUT2D eigenvalue weighted by molar-refractivity contribution is 0.00578. The molecule has 1 aliphatic heterocycles. The van der Waals surface area contributed by atoms with Crippen LogP contribution in [0.1, 0.15) is 40.5 Å². The monoisotopic (exact) mass is 209 g/mol. The Morgan fingerprint density at radius 1 is 1.20 bits per heavy atom. The summed E-state index contributed by atoms with van der Waals surface area (Å²) >= 11 is 0. The Labute approximate surface area is 92.1 Å². The van der Waals surface area contributed by atoms with E-state index in [-0.39, 0.29) is 18.3 Å². The Morgan fingerprint density at radius 3 is 2.07 bits per heavy atom. The molecule has 0 unspecified atom stereocenters. The smallest absolute Gasteiger partial charge is 0.400 e. The van der Waals surface area contributed by atoms with Gasteiger partial charge in [-0.2, -0.15) is 0 Å². The van der Waals surface area contributed by atoms with Gasteiger partial charge in [0.1, 0.15) is 0 Å². The van der Waals surface area contributed by atoms with E-state index in [9.17, 15) is 0 Å². The van der Waals surface area contributed by atoms with E-state index in [1.165, 1.54) is 5.57 Å². The molecule has 1 saturated heterocycles. The van der Waals surface area contributed by atoms with Crippen molar-refractivity contribution in [2.45, 2.75) is 57.8 Å². The summed E-state index contributed by atoms with van der Waals surface area (Å²) < 4.78 is 11.7. The molecular formula is C11H20BNO2. The van der Waals surface area contributed by atoms with Crippen molar-refractivity contribution in [3.63, 3.8) is 0 Å². The Bertz CT molecular complexity index is 275. The predicted molar refractivity (Wildman–Crippen MR) is 61.4 cm³/mol. The second kappa shape index (κ2) is 3.34. The van der Waals surface area contributed by atoms with Crippen molar-refractivity contribution in [1.29, 1.82) is 0 Å². The highest BCUT2D eigenvalue weighted by Gasteiger charge is 2.50. The fourth-order valence-corrected chi connectivity index (χ4v) is 1.90. The van der Waals surface area contributed by atoms with Gasteiger partial charge in [0.15, 0.2) is 0 Å². The molecule has 2 aliphatic rings. The third kappa shape index (κ3) is 1.98. The molecule has 0 radical (unpaired) electrons.